The van der Waals surface area contributed by atoms with Gasteiger partial charge in [-0.1, -0.05) is 0 Å². The molecule has 1 aromatic carbocycles. The molecule has 8 heteroatoms. The summed E-state index contributed by atoms with van der Waals surface area (Å²) in [4.78, 5) is 25.7. The molecule has 25 heavy (non-hydrogen) atoms. The highest BCUT2D eigenvalue weighted by atomic mass is 16.7. The van der Waals surface area contributed by atoms with Crippen molar-refractivity contribution in [2.45, 2.75) is 31.4 Å². The molecule has 2 atom stereocenters. The van der Waals surface area contributed by atoms with Crippen molar-refractivity contribution in [1.29, 1.82) is 0 Å². The van der Waals surface area contributed by atoms with Crippen molar-refractivity contribution in [1.82, 2.24) is 10.2 Å². The van der Waals surface area contributed by atoms with Gasteiger partial charge in [-0.25, -0.2) is 4.79 Å². The number of benzene rings is 1. The fraction of sp³-hybridized carbons (Fsp3) is 0.529. The molecule has 2 N–H and O–H groups in total. The predicted octanol–water partition coefficient (Wildman–Crippen LogP) is 0.875. The van der Waals surface area contributed by atoms with Gasteiger partial charge in [-0.3, -0.25) is 9.69 Å². The van der Waals surface area contributed by atoms with Crippen LogP contribution < -0.4 is 19.5 Å². The summed E-state index contributed by atoms with van der Waals surface area (Å²) in [5.74, 6) is 1.66. The molecule has 2 fully saturated rings. The van der Waals surface area contributed by atoms with Crippen LogP contribution in [0.15, 0.2) is 18.2 Å². The number of ether oxygens (including phenoxy) is 3. The molecule has 1 saturated heterocycles. The number of aliphatic hydroxyl groups excluding tert-OH is 1. The lowest BCUT2D eigenvalue weighted by atomic mass is 9.96. The molecular weight excluding hydrogens is 328 g/mol. The Balaban J connectivity index is 1.34. The summed E-state index contributed by atoms with van der Waals surface area (Å²) >= 11 is 0. The predicted molar refractivity (Wildman–Crippen MR) is 85.4 cm³/mol. The lowest BCUT2D eigenvalue weighted by Crippen LogP contribution is -2.46. The van der Waals surface area contributed by atoms with Crippen LogP contribution in [0.25, 0.3) is 0 Å². The number of β-amino-alcohol motifs (C(OH)–C–C–N with tert-alkyl or cyclic N) is 1. The van der Waals surface area contributed by atoms with Gasteiger partial charge in [0, 0.05) is 6.07 Å². The number of carbonyl (C=O) groups is 2. The van der Waals surface area contributed by atoms with Crippen molar-refractivity contribution >= 4 is 11.9 Å². The van der Waals surface area contributed by atoms with E-state index in [4.69, 9.17) is 14.2 Å². The number of rotatable bonds is 6. The molecule has 1 aliphatic carbocycles. The van der Waals surface area contributed by atoms with E-state index in [1.807, 2.05) is 0 Å². The molecule has 0 spiro atoms. The van der Waals surface area contributed by atoms with Crippen LogP contribution in [0.5, 0.6) is 17.2 Å². The average Bonchev–Trinajstić information content (AvgIpc) is 3.31. The number of nitrogens with zero attached hydrogens (tertiary/aromatic N) is 1. The molecule has 0 aromatic heterocycles. The molecule has 4 rings (SSSR count). The summed E-state index contributed by atoms with van der Waals surface area (Å²) in [5, 5.41) is 12.9. The molecule has 2 aliphatic heterocycles. The standard InChI is InChI=1S/C17H20N2O6/c1-17(10-2-3-10)15(21)19(16(22)18-17)7-11(20)8-23-12-4-5-13-14(6-12)25-9-24-13/h4-6,10-11,20H,2-3,7-9H2,1H3,(H,18,22). The van der Waals surface area contributed by atoms with Gasteiger partial charge < -0.3 is 24.6 Å². The SMILES string of the molecule is CC1(C2CC2)NC(=O)N(CC(O)COc2ccc3c(c2)OCO3)C1=O. The minimum absolute atomic E-state index is 0.0448. The monoisotopic (exact) mass is 348 g/mol. The summed E-state index contributed by atoms with van der Waals surface area (Å²) in [6, 6.07) is 4.65. The number of urea groups is 1. The Kier molecular flexibility index (Phi) is 3.72. The van der Waals surface area contributed by atoms with E-state index in [0.29, 0.717) is 17.2 Å². The van der Waals surface area contributed by atoms with E-state index in [2.05, 4.69) is 5.32 Å². The maximum atomic E-state index is 12.5. The van der Waals surface area contributed by atoms with E-state index >= 15 is 0 Å². The second-order valence-electron chi connectivity index (χ2n) is 6.80. The third kappa shape index (κ3) is 2.86. The van der Waals surface area contributed by atoms with Gasteiger partial charge in [-0.15, -0.1) is 0 Å². The maximum Gasteiger partial charge on any atom is 0.325 e. The fourth-order valence-corrected chi connectivity index (χ4v) is 3.24. The van der Waals surface area contributed by atoms with Gasteiger partial charge in [0.05, 0.1) is 6.54 Å². The number of hydrogen-bond donors (Lipinski definition) is 2. The van der Waals surface area contributed by atoms with Crippen LogP contribution in [-0.4, -0.2) is 53.5 Å². The van der Waals surface area contributed by atoms with E-state index in [9.17, 15) is 14.7 Å². The van der Waals surface area contributed by atoms with E-state index in [1.54, 1.807) is 25.1 Å². The lowest BCUT2D eigenvalue weighted by molar-refractivity contribution is -0.132. The zero-order valence-corrected chi connectivity index (χ0v) is 13.9. The van der Waals surface area contributed by atoms with Crippen molar-refractivity contribution in [3.05, 3.63) is 18.2 Å². The number of aliphatic hydroxyl groups is 1. The van der Waals surface area contributed by atoms with E-state index < -0.39 is 17.7 Å². The first-order chi connectivity index (χ1) is 12.0. The number of carbonyl (C=O) groups excluding carboxylic acids is 2. The number of nitrogens with one attached hydrogen (secondary N) is 1. The first-order valence-electron chi connectivity index (χ1n) is 8.32. The molecule has 0 bridgehead atoms. The Labute approximate surface area is 144 Å². The smallest absolute Gasteiger partial charge is 0.325 e. The second kappa shape index (κ2) is 5.80. The molecule has 134 valence electrons. The van der Waals surface area contributed by atoms with Crippen molar-refractivity contribution in [2.24, 2.45) is 5.92 Å². The number of hydrogen-bond acceptors (Lipinski definition) is 6. The molecule has 2 heterocycles. The molecule has 0 radical (unpaired) electrons. The van der Waals surface area contributed by atoms with Crippen molar-refractivity contribution < 1.29 is 28.9 Å². The summed E-state index contributed by atoms with van der Waals surface area (Å²) in [5.41, 5.74) is -0.838. The van der Waals surface area contributed by atoms with Gasteiger partial charge in [0.2, 0.25) is 6.79 Å². The molecule has 3 amide bonds. The highest BCUT2D eigenvalue weighted by Gasteiger charge is 2.56. The Morgan fingerprint density at radius 2 is 2.12 bits per heavy atom. The quantitative estimate of drug-likeness (QED) is 0.741. The first-order valence-corrected chi connectivity index (χ1v) is 8.32. The van der Waals surface area contributed by atoms with Gasteiger partial charge >= 0.3 is 6.03 Å². The van der Waals surface area contributed by atoms with Crippen LogP contribution in [0, 0.1) is 5.92 Å². The summed E-state index contributed by atoms with van der Waals surface area (Å²) in [7, 11) is 0. The summed E-state index contributed by atoms with van der Waals surface area (Å²) in [6.07, 6.45) is 0.889. The maximum absolute atomic E-state index is 12.5. The first kappa shape index (κ1) is 16.0. The van der Waals surface area contributed by atoms with Crippen LogP contribution in [-0.2, 0) is 4.79 Å². The number of amides is 3. The minimum atomic E-state index is -0.985. The molecule has 3 aliphatic rings. The molecule has 2 unspecified atom stereocenters. The van der Waals surface area contributed by atoms with E-state index in [0.717, 1.165) is 17.7 Å². The fourth-order valence-electron chi connectivity index (χ4n) is 3.24. The molecule has 8 nitrogen and oxygen atoms in total. The zero-order chi connectivity index (χ0) is 17.6. The van der Waals surface area contributed by atoms with Crippen LogP contribution in [0.3, 0.4) is 0 Å². The van der Waals surface area contributed by atoms with E-state index in [-0.39, 0.29) is 31.8 Å². The lowest BCUT2D eigenvalue weighted by Gasteiger charge is -2.22. The molecular formula is C17H20N2O6. The van der Waals surface area contributed by atoms with Crippen LogP contribution in [0.2, 0.25) is 0 Å². The summed E-state index contributed by atoms with van der Waals surface area (Å²) < 4.78 is 16.0. The van der Waals surface area contributed by atoms with Gasteiger partial charge in [-0.2, -0.15) is 0 Å². The highest BCUT2D eigenvalue weighted by Crippen LogP contribution is 2.42. The third-order valence-corrected chi connectivity index (χ3v) is 4.87. The highest BCUT2D eigenvalue weighted by molar-refractivity contribution is 6.07. The van der Waals surface area contributed by atoms with Crippen LogP contribution in [0.1, 0.15) is 19.8 Å². The minimum Gasteiger partial charge on any atom is -0.491 e. The van der Waals surface area contributed by atoms with Gasteiger partial charge in [0.15, 0.2) is 11.5 Å². The third-order valence-electron chi connectivity index (χ3n) is 4.87. The van der Waals surface area contributed by atoms with Crippen molar-refractivity contribution in [3.8, 4) is 17.2 Å². The van der Waals surface area contributed by atoms with E-state index in [1.165, 1.54) is 0 Å². The normalized spacial score (nSPS) is 25.9. The molecule has 1 aromatic rings. The average molecular weight is 348 g/mol. The zero-order valence-electron chi connectivity index (χ0n) is 13.9. The largest absolute Gasteiger partial charge is 0.491 e. The Morgan fingerprint density at radius 1 is 1.36 bits per heavy atom. The molecule has 1 saturated carbocycles. The van der Waals surface area contributed by atoms with Gasteiger partial charge in [0.1, 0.15) is 24.0 Å². The number of fused-ring (bicyclic) bond motifs is 1. The van der Waals surface area contributed by atoms with Gasteiger partial charge in [0.25, 0.3) is 5.91 Å². The Bertz CT molecular complexity index is 719. The topological polar surface area (TPSA) is 97.3 Å². The number of imide groups is 1. The second-order valence-corrected chi connectivity index (χ2v) is 6.80. The van der Waals surface area contributed by atoms with Crippen LogP contribution in [0.4, 0.5) is 4.79 Å². The van der Waals surface area contributed by atoms with Gasteiger partial charge in [-0.05, 0) is 37.8 Å². The summed E-state index contributed by atoms with van der Waals surface area (Å²) in [6.45, 7) is 1.78. The van der Waals surface area contributed by atoms with Crippen molar-refractivity contribution in [2.75, 3.05) is 19.9 Å². The van der Waals surface area contributed by atoms with Crippen LogP contribution >= 0.6 is 0 Å². The Morgan fingerprint density at radius 3 is 2.88 bits per heavy atom. The van der Waals surface area contributed by atoms with Crippen molar-refractivity contribution in [3.63, 3.8) is 0 Å². The Hall–Kier alpha value is -2.48.